The van der Waals surface area contributed by atoms with E-state index < -0.39 is 15.9 Å². The van der Waals surface area contributed by atoms with Crippen LogP contribution in [0.15, 0.2) is 95.9 Å². The van der Waals surface area contributed by atoms with Gasteiger partial charge in [0, 0.05) is 27.9 Å². The van der Waals surface area contributed by atoms with Crippen LogP contribution in [0.2, 0.25) is 0 Å². The van der Waals surface area contributed by atoms with Crippen molar-refractivity contribution in [3.05, 3.63) is 119 Å². The molecule has 1 amide bonds. The fourth-order valence-corrected chi connectivity index (χ4v) is 5.19. The Labute approximate surface area is 213 Å². The summed E-state index contributed by atoms with van der Waals surface area (Å²) in [6.07, 6.45) is 0. The lowest BCUT2D eigenvalue weighted by Crippen LogP contribution is -2.24. The third-order valence-electron chi connectivity index (χ3n) is 5.95. The minimum atomic E-state index is -3.91. The van der Waals surface area contributed by atoms with Gasteiger partial charge in [-0.1, -0.05) is 42.5 Å². The molecule has 1 aliphatic rings. The van der Waals surface area contributed by atoms with E-state index in [1.165, 1.54) is 55.6 Å². The Kier molecular flexibility index (Phi) is 6.06. The van der Waals surface area contributed by atoms with Crippen molar-refractivity contribution in [2.45, 2.75) is 4.90 Å². The third kappa shape index (κ3) is 4.48. The van der Waals surface area contributed by atoms with E-state index in [0.29, 0.717) is 11.3 Å². The molecule has 0 unspecified atom stereocenters. The normalized spacial score (nSPS) is 12.4. The number of methoxy groups -OCH3 is 1. The second-order valence-corrected chi connectivity index (χ2v) is 9.93. The molecule has 8 nitrogen and oxygen atoms in total. The smallest absolute Gasteiger partial charge is 0.261 e. The highest BCUT2D eigenvalue weighted by Gasteiger charge is 2.31. The van der Waals surface area contributed by atoms with Gasteiger partial charge >= 0.3 is 0 Å². The first-order valence-corrected chi connectivity index (χ1v) is 12.7. The molecule has 4 aromatic carbocycles. The van der Waals surface area contributed by atoms with Crippen LogP contribution in [-0.4, -0.2) is 33.0 Å². The van der Waals surface area contributed by atoms with Crippen LogP contribution in [0.1, 0.15) is 42.2 Å². The molecule has 0 saturated carbocycles. The van der Waals surface area contributed by atoms with Crippen LogP contribution in [0, 0.1) is 0 Å². The molecule has 1 aliphatic carbocycles. The van der Waals surface area contributed by atoms with E-state index in [1.807, 2.05) is 0 Å². The van der Waals surface area contributed by atoms with Crippen molar-refractivity contribution in [1.29, 1.82) is 0 Å². The van der Waals surface area contributed by atoms with Crippen LogP contribution in [0.4, 0.5) is 11.4 Å². The summed E-state index contributed by atoms with van der Waals surface area (Å²) >= 11 is 0. The molecule has 37 heavy (non-hydrogen) atoms. The number of sulfonamides is 1. The predicted molar refractivity (Wildman–Crippen MR) is 138 cm³/mol. The second-order valence-electron chi connectivity index (χ2n) is 8.25. The minimum Gasteiger partial charge on any atom is -0.497 e. The molecule has 0 bridgehead atoms. The molecule has 2 N–H and O–H groups in total. The Morgan fingerprint density at radius 1 is 0.757 bits per heavy atom. The highest BCUT2D eigenvalue weighted by atomic mass is 32.2. The van der Waals surface area contributed by atoms with Gasteiger partial charge in [-0.25, -0.2) is 8.42 Å². The molecule has 9 heteroatoms. The first-order valence-electron chi connectivity index (χ1n) is 11.2. The number of anilines is 2. The molecular weight excluding hydrogens is 492 g/mol. The van der Waals surface area contributed by atoms with Gasteiger partial charge in [0.1, 0.15) is 5.75 Å². The topological polar surface area (TPSA) is 119 Å². The summed E-state index contributed by atoms with van der Waals surface area (Å²) in [5, 5.41) is 2.70. The molecule has 184 valence electrons. The average Bonchev–Trinajstić information content (AvgIpc) is 2.91. The zero-order valence-electron chi connectivity index (χ0n) is 19.5. The summed E-state index contributed by atoms with van der Waals surface area (Å²) in [4.78, 5) is 39.3. The molecule has 0 saturated heterocycles. The van der Waals surface area contributed by atoms with E-state index in [1.54, 1.807) is 42.5 Å². The van der Waals surface area contributed by atoms with Crippen LogP contribution in [0.3, 0.4) is 0 Å². The van der Waals surface area contributed by atoms with E-state index in [0.717, 1.165) is 0 Å². The lowest BCUT2D eigenvalue weighted by atomic mass is 9.83. The van der Waals surface area contributed by atoms with E-state index in [2.05, 4.69) is 10.0 Å². The van der Waals surface area contributed by atoms with Crippen LogP contribution in [0.25, 0.3) is 0 Å². The summed E-state index contributed by atoms with van der Waals surface area (Å²) < 4.78 is 33.1. The molecule has 5 rings (SSSR count). The number of carbonyl (C=O) groups is 3. The number of fused-ring (bicyclic) bond motifs is 2. The number of ether oxygens (including phenoxy) is 1. The molecule has 0 fully saturated rings. The largest absolute Gasteiger partial charge is 0.497 e. The van der Waals surface area contributed by atoms with Gasteiger partial charge in [0.05, 0.1) is 23.3 Å². The number of hydrogen-bond acceptors (Lipinski definition) is 6. The summed E-state index contributed by atoms with van der Waals surface area (Å²) in [6, 6.07) is 23.1. The molecule has 0 radical (unpaired) electrons. The van der Waals surface area contributed by atoms with Crippen molar-refractivity contribution < 1.29 is 27.5 Å². The molecule has 0 aromatic heterocycles. The van der Waals surface area contributed by atoms with Crippen molar-refractivity contribution in [2.75, 3.05) is 17.1 Å². The molecule has 0 spiro atoms. The zero-order chi connectivity index (χ0) is 26.2. The first-order chi connectivity index (χ1) is 17.8. The third-order valence-corrected chi connectivity index (χ3v) is 7.34. The molecule has 0 heterocycles. The van der Waals surface area contributed by atoms with Gasteiger partial charge in [-0.15, -0.1) is 0 Å². The van der Waals surface area contributed by atoms with E-state index in [9.17, 15) is 22.8 Å². The fourth-order valence-electron chi connectivity index (χ4n) is 4.14. The predicted octanol–water partition coefficient (Wildman–Crippen LogP) is 4.52. The van der Waals surface area contributed by atoms with Crippen LogP contribution in [0.5, 0.6) is 5.75 Å². The van der Waals surface area contributed by atoms with Crippen molar-refractivity contribution in [3.8, 4) is 5.75 Å². The SMILES string of the molecule is COc1ccc(S(=O)(=O)Nc2cccc(C(=O)Nc3cccc4c3C(=O)c3ccccc3C4=O)c2)cc1. The summed E-state index contributed by atoms with van der Waals surface area (Å²) in [5.74, 6) is -0.708. The van der Waals surface area contributed by atoms with Crippen LogP contribution >= 0.6 is 0 Å². The molecule has 4 aromatic rings. The lowest BCUT2D eigenvalue weighted by Gasteiger charge is -2.20. The highest BCUT2D eigenvalue weighted by molar-refractivity contribution is 7.92. The average molecular weight is 513 g/mol. The van der Waals surface area contributed by atoms with Gasteiger partial charge in [0.2, 0.25) is 0 Å². The number of amides is 1. The fraction of sp³-hybridized carbons (Fsp3) is 0.0357. The molecule has 0 aliphatic heterocycles. The van der Waals surface area contributed by atoms with Gasteiger partial charge < -0.3 is 10.1 Å². The number of nitrogens with one attached hydrogen (secondary N) is 2. The Bertz CT molecular complexity index is 1680. The Balaban J connectivity index is 1.40. The van der Waals surface area contributed by atoms with Gasteiger partial charge in [-0.3, -0.25) is 19.1 Å². The first kappa shape index (κ1) is 24.0. The van der Waals surface area contributed by atoms with Crippen LogP contribution < -0.4 is 14.8 Å². The maximum atomic E-state index is 13.2. The second kappa shape index (κ2) is 9.36. The number of hydrogen-bond donors (Lipinski definition) is 2. The number of rotatable bonds is 6. The van der Waals surface area contributed by atoms with E-state index in [-0.39, 0.29) is 50.1 Å². The van der Waals surface area contributed by atoms with Gasteiger partial charge in [0.15, 0.2) is 11.6 Å². The van der Waals surface area contributed by atoms with Gasteiger partial charge in [-0.2, -0.15) is 0 Å². The molecule has 0 atom stereocenters. The molecular formula is C28H20N2O6S. The number of ketones is 2. The Hall–Kier alpha value is -4.76. The quantitative estimate of drug-likeness (QED) is 0.345. The minimum absolute atomic E-state index is 0.0301. The maximum absolute atomic E-state index is 13.2. The number of benzene rings is 4. The van der Waals surface area contributed by atoms with E-state index in [4.69, 9.17) is 4.74 Å². The van der Waals surface area contributed by atoms with Gasteiger partial charge in [-0.05, 0) is 48.5 Å². The summed E-state index contributed by atoms with van der Waals surface area (Å²) in [7, 11) is -2.43. The van der Waals surface area contributed by atoms with Crippen molar-refractivity contribution in [3.63, 3.8) is 0 Å². The maximum Gasteiger partial charge on any atom is 0.261 e. The van der Waals surface area contributed by atoms with Crippen molar-refractivity contribution in [1.82, 2.24) is 0 Å². The van der Waals surface area contributed by atoms with Crippen molar-refractivity contribution >= 4 is 38.9 Å². The monoisotopic (exact) mass is 512 g/mol. The summed E-state index contributed by atoms with van der Waals surface area (Å²) in [5.41, 5.74) is 1.45. The highest BCUT2D eigenvalue weighted by Crippen LogP contribution is 2.32. The zero-order valence-corrected chi connectivity index (χ0v) is 20.3. The van der Waals surface area contributed by atoms with Crippen molar-refractivity contribution in [2.24, 2.45) is 0 Å². The van der Waals surface area contributed by atoms with Gasteiger partial charge in [0.25, 0.3) is 15.9 Å². The lowest BCUT2D eigenvalue weighted by molar-refractivity contribution is 0.0978. The summed E-state index contributed by atoms with van der Waals surface area (Å²) in [6.45, 7) is 0. The van der Waals surface area contributed by atoms with Crippen LogP contribution in [-0.2, 0) is 10.0 Å². The Morgan fingerprint density at radius 3 is 2.11 bits per heavy atom. The van der Waals surface area contributed by atoms with E-state index >= 15 is 0 Å². The Morgan fingerprint density at radius 2 is 1.41 bits per heavy atom. The number of carbonyl (C=O) groups excluding carboxylic acids is 3. The standard InChI is InChI=1S/C28H20N2O6S/c1-36-19-12-14-20(15-13-19)37(34,35)30-18-7-4-6-17(16-18)28(33)29-24-11-5-10-23-25(24)27(32)22-9-3-2-8-21(22)26(23)31/h2-16,30H,1H3,(H,29,33).